The van der Waals surface area contributed by atoms with Gasteiger partial charge in [-0.2, -0.15) is 0 Å². The van der Waals surface area contributed by atoms with Crippen molar-refractivity contribution in [2.75, 3.05) is 38.6 Å². The smallest absolute Gasteiger partial charge is 0.242 e. The first-order valence-corrected chi connectivity index (χ1v) is 5.96. The lowest BCUT2D eigenvalue weighted by Gasteiger charge is -2.22. The molecule has 0 unspecified atom stereocenters. The average Bonchev–Trinajstić information content (AvgIpc) is 2.87. The Labute approximate surface area is 94.9 Å². The second kappa shape index (κ2) is 4.84. The Morgan fingerprint density at radius 3 is 2.73 bits per heavy atom. The number of amides is 1. The molecule has 84 valence electrons. The number of nitrogens with zero attached hydrogens (tertiary/aromatic N) is 3. The predicted molar refractivity (Wildman–Crippen MR) is 60.4 cm³/mol. The van der Waals surface area contributed by atoms with Gasteiger partial charge in [-0.1, -0.05) is 0 Å². The molecule has 1 amide bonds. The van der Waals surface area contributed by atoms with Crippen LogP contribution in [0, 0.1) is 0 Å². The van der Waals surface area contributed by atoms with E-state index in [-0.39, 0.29) is 5.91 Å². The zero-order valence-corrected chi connectivity index (χ0v) is 9.54. The molecule has 2 aliphatic rings. The lowest BCUT2D eigenvalue weighted by Crippen LogP contribution is -2.40. The molecule has 5 heteroatoms. The third-order valence-corrected chi connectivity index (χ3v) is 3.17. The van der Waals surface area contributed by atoms with Gasteiger partial charge in [0.15, 0.2) is 0 Å². The van der Waals surface area contributed by atoms with Gasteiger partial charge < -0.3 is 9.80 Å². The Morgan fingerprint density at radius 2 is 2.07 bits per heavy atom. The molecule has 1 fully saturated rings. The molecule has 15 heavy (non-hydrogen) atoms. The monoisotopic (exact) mass is 229 g/mol. The van der Waals surface area contributed by atoms with Crippen LogP contribution in [0.3, 0.4) is 0 Å². The highest BCUT2D eigenvalue weighted by atomic mass is 35.5. The minimum absolute atomic E-state index is 0.215. The first kappa shape index (κ1) is 10.7. The van der Waals surface area contributed by atoms with Crippen LogP contribution in [0.4, 0.5) is 0 Å². The molecule has 0 aliphatic carbocycles. The molecule has 2 aliphatic heterocycles. The Bertz CT molecular complexity index is 274. The molecule has 2 rings (SSSR count). The molecule has 1 saturated heterocycles. The number of hydrogen-bond donors (Lipinski definition) is 0. The van der Waals surface area contributed by atoms with Crippen LogP contribution in [0.1, 0.15) is 12.8 Å². The number of rotatable bonds is 3. The van der Waals surface area contributed by atoms with Gasteiger partial charge in [0.2, 0.25) is 5.91 Å². The van der Waals surface area contributed by atoms with Crippen LogP contribution in [0.2, 0.25) is 0 Å². The van der Waals surface area contributed by atoms with Crippen LogP contribution in [-0.4, -0.2) is 60.1 Å². The van der Waals surface area contributed by atoms with Crippen molar-refractivity contribution in [3.63, 3.8) is 0 Å². The summed E-state index contributed by atoms with van der Waals surface area (Å²) < 4.78 is 0. The Morgan fingerprint density at radius 1 is 1.33 bits per heavy atom. The van der Waals surface area contributed by atoms with Gasteiger partial charge in [-0.25, -0.2) is 0 Å². The summed E-state index contributed by atoms with van der Waals surface area (Å²) in [4.78, 5) is 20.0. The molecule has 4 nitrogen and oxygen atoms in total. The standard InChI is InChI=1S/C10H16ClN3O/c11-7-9-12-3-6-14(9)8-10(15)13-4-1-2-5-13/h1-8H2. The maximum atomic E-state index is 11.8. The molecular weight excluding hydrogens is 214 g/mol. The molecule has 0 bridgehead atoms. The molecule has 0 aromatic carbocycles. The van der Waals surface area contributed by atoms with E-state index in [0.29, 0.717) is 12.4 Å². The van der Waals surface area contributed by atoms with Crippen LogP contribution in [-0.2, 0) is 4.79 Å². The SMILES string of the molecule is O=C(CN1CCN=C1CCl)N1CCCC1. The summed E-state index contributed by atoms with van der Waals surface area (Å²) in [5, 5.41) is 0. The number of alkyl halides is 1. The van der Waals surface area contributed by atoms with Crippen LogP contribution >= 0.6 is 11.6 Å². The zero-order chi connectivity index (χ0) is 10.7. The number of hydrogen-bond acceptors (Lipinski definition) is 3. The van der Waals surface area contributed by atoms with E-state index in [4.69, 9.17) is 11.6 Å². The molecule has 0 atom stereocenters. The molecule has 0 radical (unpaired) electrons. The minimum atomic E-state index is 0.215. The van der Waals surface area contributed by atoms with E-state index < -0.39 is 0 Å². The van der Waals surface area contributed by atoms with Gasteiger partial charge in [-0.15, -0.1) is 11.6 Å². The molecule has 2 heterocycles. The Kier molecular flexibility index (Phi) is 3.46. The van der Waals surface area contributed by atoms with Gasteiger partial charge in [0.1, 0.15) is 5.84 Å². The fraction of sp³-hybridized carbons (Fsp3) is 0.800. The highest BCUT2D eigenvalue weighted by Gasteiger charge is 2.23. The first-order valence-electron chi connectivity index (χ1n) is 5.43. The highest BCUT2D eigenvalue weighted by molar-refractivity contribution is 6.28. The third-order valence-electron chi connectivity index (χ3n) is 2.93. The Hall–Kier alpha value is -0.770. The van der Waals surface area contributed by atoms with Crippen LogP contribution in [0.5, 0.6) is 0 Å². The van der Waals surface area contributed by atoms with E-state index >= 15 is 0 Å². The van der Waals surface area contributed by atoms with Crippen molar-refractivity contribution < 1.29 is 4.79 Å². The second-order valence-corrected chi connectivity index (χ2v) is 4.21. The molecular formula is C10H16ClN3O. The van der Waals surface area contributed by atoms with Crippen molar-refractivity contribution in [1.29, 1.82) is 0 Å². The van der Waals surface area contributed by atoms with Crippen LogP contribution < -0.4 is 0 Å². The van der Waals surface area contributed by atoms with Gasteiger partial charge in [0.25, 0.3) is 0 Å². The van der Waals surface area contributed by atoms with Gasteiger partial charge in [-0.05, 0) is 12.8 Å². The molecule has 0 saturated carbocycles. The molecule has 0 spiro atoms. The average molecular weight is 230 g/mol. The largest absolute Gasteiger partial charge is 0.348 e. The van der Waals surface area contributed by atoms with Crippen LogP contribution in [0.25, 0.3) is 0 Å². The van der Waals surface area contributed by atoms with E-state index in [1.165, 1.54) is 0 Å². The summed E-state index contributed by atoms with van der Waals surface area (Å²) in [6.07, 6.45) is 2.28. The van der Waals surface area contributed by atoms with Gasteiger partial charge in [0, 0.05) is 19.6 Å². The molecule has 0 aromatic rings. The summed E-state index contributed by atoms with van der Waals surface area (Å²) in [6, 6.07) is 0. The van der Waals surface area contributed by atoms with Crippen molar-refractivity contribution in [2.24, 2.45) is 4.99 Å². The summed E-state index contributed by atoms with van der Waals surface area (Å²) in [5.41, 5.74) is 0. The number of carbonyl (C=O) groups is 1. The maximum absolute atomic E-state index is 11.8. The lowest BCUT2D eigenvalue weighted by atomic mass is 10.4. The zero-order valence-electron chi connectivity index (χ0n) is 8.78. The number of halogens is 1. The van der Waals surface area contributed by atoms with Gasteiger partial charge >= 0.3 is 0 Å². The van der Waals surface area contributed by atoms with Crippen LogP contribution in [0.15, 0.2) is 4.99 Å². The topological polar surface area (TPSA) is 35.9 Å². The van der Waals surface area contributed by atoms with Crippen molar-refractivity contribution in [1.82, 2.24) is 9.80 Å². The predicted octanol–water partition coefficient (Wildman–Crippen LogP) is 0.562. The Balaban J connectivity index is 1.85. The van der Waals surface area contributed by atoms with Crippen molar-refractivity contribution in [3.8, 4) is 0 Å². The second-order valence-electron chi connectivity index (χ2n) is 3.94. The fourth-order valence-corrected chi connectivity index (χ4v) is 2.31. The van der Waals surface area contributed by atoms with Crippen molar-refractivity contribution >= 4 is 23.3 Å². The first-order chi connectivity index (χ1) is 7.31. The minimum Gasteiger partial charge on any atom is -0.348 e. The summed E-state index contributed by atoms with van der Waals surface area (Å²) >= 11 is 5.75. The normalized spacial score (nSPS) is 21.0. The van der Waals surface area contributed by atoms with Gasteiger partial charge in [0.05, 0.1) is 19.0 Å². The van der Waals surface area contributed by atoms with E-state index in [9.17, 15) is 4.79 Å². The van der Waals surface area contributed by atoms with Crippen molar-refractivity contribution in [3.05, 3.63) is 0 Å². The van der Waals surface area contributed by atoms with E-state index in [1.807, 2.05) is 9.80 Å². The van der Waals surface area contributed by atoms with Crippen molar-refractivity contribution in [2.45, 2.75) is 12.8 Å². The lowest BCUT2D eigenvalue weighted by molar-refractivity contribution is -0.130. The maximum Gasteiger partial charge on any atom is 0.242 e. The van der Waals surface area contributed by atoms with E-state index in [0.717, 1.165) is 44.9 Å². The number of amidine groups is 1. The number of carbonyl (C=O) groups excluding carboxylic acids is 1. The van der Waals surface area contributed by atoms with E-state index in [1.54, 1.807) is 0 Å². The number of likely N-dealkylation sites (tertiary alicyclic amines) is 1. The van der Waals surface area contributed by atoms with Gasteiger partial charge in [-0.3, -0.25) is 9.79 Å². The quantitative estimate of drug-likeness (QED) is 0.664. The molecule has 0 N–H and O–H groups in total. The third kappa shape index (κ3) is 2.43. The number of aliphatic imine (C=N–C) groups is 1. The molecule has 0 aromatic heterocycles. The fourth-order valence-electron chi connectivity index (χ4n) is 2.06. The summed E-state index contributed by atoms with van der Waals surface area (Å²) in [7, 11) is 0. The summed E-state index contributed by atoms with van der Waals surface area (Å²) in [6.45, 7) is 3.89. The highest BCUT2D eigenvalue weighted by Crippen LogP contribution is 2.10. The summed E-state index contributed by atoms with van der Waals surface area (Å²) in [5.74, 6) is 1.49. The van der Waals surface area contributed by atoms with E-state index in [2.05, 4.69) is 4.99 Å².